The Morgan fingerprint density at radius 2 is 2.12 bits per heavy atom. The van der Waals surface area contributed by atoms with Crippen LogP contribution >= 0.6 is 20.3 Å². The van der Waals surface area contributed by atoms with Crippen LogP contribution in [0.25, 0.3) is 6.08 Å². The van der Waals surface area contributed by atoms with E-state index in [4.69, 9.17) is 10.3 Å². The third-order valence-electron chi connectivity index (χ3n) is 4.70. The van der Waals surface area contributed by atoms with Crippen LogP contribution in [-0.4, -0.2) is 38.5 Å². The van der Waals surface area contributed by atoms with Gasteiger partial charge in [0.2, 0.25) is 8.38 Å². The maximum absolute atomic E-state index is 13.2. The van der Waals surface area contributed by atoms with Crippen LogP contribution < -0.4 is 21.3 Å². The number of aromatic nitrogens is 2. The van der Waals surface area contributed by atoms with Crippen LogP contribution in [0.5, 0.6) is 5.75 Å². The fraction of sp³-hybridized carbons (Fsp3) is 0.435. The number of nitrogens with zero attached hydrogens (tertiary/aromatic N) is 3. The third kappa shape index (κ3) is 7.30. The van der Waals surface area contributed by atoms with Crippen LogP contribution in [0.15, 0.2) is 34.1 Å². The fourth-order valence-corrected chi connectivity index (χ4v) is 4.32. The number of hydrogen-bond donors (Lipinski definition) is 4. The molecule has 1 atom stereocenters. The van der Waals surface area contributed by atoms with Crippen LogP contribution in [-0.2, 0) is 11.1 Å². The highest BCUT2D eigenvalue weighted by Gasteiger charge is 2.22. The molecular weight excluding hydrogens is 473 g/mol. The summed E-state index contributed by atoms with van der Waals surface area (Å²) in [6.45, 7) is 10.5. The minimum absolute atomic E-state index is 0.0153. The Balaban J connectivity index is 2.65. The molecule has 0 bridgehead atoms. The lowest BCUT2D eigenvalue weighted by molar-refractivity contribution is 0.334. The first-order chi connectivity index (χ1) is 16.0. The number of nitrogens with two attached hydrogens (primary N) is 1. The van der Waals surface area contributed by atoms with Crippen LogP contribution in [0.4, 0.5) is 11.4 Å². The van der Waals surface area contributed by atoms with Gasteiger partial charge in [0.05, 0.1) is 17.6 Å². The first-order valence-electron chi connectivity index (χ1n) is 10.9. The summed E-state index contributed by atoms with van der Waals surface area (Å²) < 4.78 is 9.82. The molecule has 0 amide bonds. The summed E-state index contributed by atoms with van der Waals surface area (Å²) in [6, 6.07) is 5.18. The molecule has 1 aromatic heterocycles. The van der Waals surface area contributed by atoms with Gasteiger partial charge in [-0.3, -0.25) is 4.79 Å². The van der Waals surface area contributed by atoms with Crippen molar-refractivity contribution in [2.45, 2.75) is 47.6 Å². The third-order valence-corrected chi connectivity index (χ3v) is 6.42. The lowest BCUT2D eigenvalue weighted by atomic mass is 9.92. The molecule has 11 heteroatoms. The average Bonchev–Trinajstić information content (AvgIpc) is 2.75. The molecule has 34 heavy (non-hydrogen) atoms. The van der Waals surface area contributed by atoms with Crippen LogP contribution in [0.1, 0.15) is 52.3 Å². The van der Waals surface area contributed by atoms with Crippen molar-refractivity contribution in [2.24, 2.45) is 16.1 Å². The molecule has 0 radical (unpaired) electrons. The number of aryl methyl sites for hydroxylation is 1. The SMILES string of the molecule is C/C=C/c1nn(CCC(C)(C)C)c(=O)c(C(N)=Nc2ccc(NSC)cc2P(O)OCC)c1O. The van der Waals surface area contributed by atoms with Gasteiger partial charge in [0.15, 0.2) is 5.75 Å². The number of benzene rings is 1. The van der Waals surface area contributed by atoms with Crippen molar-refractivity contribution in [3.05, 3.63) is 45.9 Å². The molecule has 1 unspecified atom stereocenters. The Labute approximate surface area is 206 Å². The summed E-state index contributed by atoms with van der Waals surface area (Å²) in [5.74, 6) is -0.512. The summed E-state index contributed by atoms with van der Waals surface area (Å²) >= 11 is 1.41. The average molecular weight is 508 g/mol. The minimum atomic E-state index is -1.96. The number of rotatable bonds is 10. The van der Waals surface area contributed by atoms with Crippen molar-refractivity contribution in [3.63, 3.8) is 0 Å². The van der Waals surface area contributed by atoms with E-state index < -0.39 is 13.9 Å². The summed E-state index contributed by atoms with van der Waals surface area (Å²) in [5, 5.41) is 15.6. The Bertz CT molecular complexity index is 1110. The highest BCUT2D eigenvalue weighted by atomic mass is 32.2. The van der Waals surface area contributed by atoms with Crippen molar-refractivity contribution in [2.75, 3.05) is 17.6 Å². The molecule has 0 saturated carbocycles. The molecule has 2 aromatic rings. The van der Waals surface area contributed by atoms with Crippen molar-refractivity contribution < 1.29 is 14.5 Å². The van der Waals surface area contributed by atoms with E-state index in [1.165, 1.54) is 16.6 Å². The molecule has 5 N–H and O–H groups in total. The molecular formula is C23H34N5O4PS. The number of anilines is 1. The molecule has 0 aliphatic carbocycles. The minimum Gasteiger partial charge on any atom is -0.505 e. The number of aromatic hydroxyl groups is 1. The molecule has 0 aliphatic heterocycles. The second-order valence-corrected chi connectivity index (χ2v) is 10.5. The number of aliphatic imine (C=N–C) groups is 1. The van der Waals surface area contributed by atoms with Gasteiger partial charge in [0, 0.05) is 18.5 Å². The van der Waals surface area contributed by atoms with E-state index in [9.17, 15) is 14.8 Å². The fourth-order valence-electron chi connectivity index (χ4n) is 3.01. The molecule has 1 aromatic carbocycles. The van der Waals surface area contributed by atoms with Gasteiger partial charge < -0.3 is 25.0 Å². The lowest BCUT2D eigenvalue weighted by Crippen LogP contribution is -2.33. The van der Waals surface area contributed by atoms with Gasteiger partial charge in [0.1, 0.15) is 17.1 Å². The van der Waals surface area contributed by atoms with Gasteiger partial charge in [-0.2, -0.15) is 5.10 Å². The maximum Gasteiger partial charge on any atom is 0.281 e. The van der Waals surface area contributed by atoms with Gasteiger partial charge in [-0.15, -0.1) is 0 Å². The molecule has 2 rings (SSSR count). The Morgan fingerprint density at radius 1 is 1.41 bits per heavy atom. The zero-order chi connectivity index (χ0) is 25.5. The van der Waals surface area contributed by atoms with E-state index >= 15 is 0 Å². The Kier molecular flexibility index (Phi) is 10.1. The van der Waals surface area contributed by atoms with Crippen molar-refractivity contribution in [3.8, 4) is 5.75 Å². The van der Waals surface area contributed by atoms with Gasteiger partial charge >= 0.3 is 0 Å². The van der Waals surface area contributed by atoms with Gasteiger partial charge in [0.25, 0.3) is 5.56 Å². The predicted molar refractivity (Wildman–Crippen MR) is 143 cm³/mol. The molecule has 0 saturated heterocycles. The number of hydrogen-bond acceptors (Lipinski definition) is 8. The number of allylic oxidation sites excluding steroid dienone is 1. The zero-order valence-corrected chi connectivity index (χ0v) is 22.2. The largest absolute Gasteiger partial charge is 0.505 e. The maximum atomic E-state index is 13.2. The first kappa shape index (κ1) is 27.9. The Hall–Kier alpha value is -2.39. The molecule has 9 nitrogen and oxygen atoms in total. The van der Waals surface area contributed by atoms with Gasteiger partial charge in [-0.25, -0.2) is 9.67 Å². The van der Waals surface area contributed by atoms with Crippen molar-refractivity contribution in [1.29, 1.82) is 0 Å². The van der Waals surface area contributed by atoms with Crippen LogP contribution in [0.2, 0.25) is 0 Å². The van der Waals surface area contributed by atoms with E-state index in [1.807, 2.05) is 6.26 Å². The first-order valence-corrected chi connectivity index (χ1v) is 13.3. The molecule has 0 spiro atoms. The van der Waals surface area contributed by atoms with Gasteiger partial charge in [-0.1, -0.05) is 38.8 Å². The zero-order valence-electron chi connectivity index (χ0n) is 20.5. The highest BCUT2D eigenvalue weighted by Crippen LogP contribution is 2.36. The monoisotopic (exact) mass is 507 g/mol. The van der Waals surface area contributed by atoms with Crippen molar-refractivity contribution >= 4 is 48.9 Å². The second kappa shape index (κ2) is 12.4. The summed E-state index contributed by atoms with van der Waals surface area (Å²) in [7, 11) is -1.96. The summed E-state index contributed by atoms with van der Waals surface area (Å²) in [4.78, 5) is 28.2. The van der Waals surface area contributed by atoms with E-state index in [0.29, 0.717) is 30.6 Å². The second-order valence-electron chi connectivity index (χ2n) is 8.65. The highest BCUT2D eigenvalue weighted by molar-refractivity contribution is 7.99. The number of amidine groups is 1. The van der Waals surface area contributed by atoms with Crippen LogP contribution in [0.3, 0.4) is 0 Å². The Morgan fingerprint density at radius 3 is 2.71 bits per heavy atom. The molecule has 186 valence electrons. The lowest BCUT2D eigenvalue weighted by Gasteiger charge is -2.19. The van der Waals surface area contributed by atoms with Crippen LogP contribution in [0, 0.1) is 5.41 Å². The summed E-state index contributed by atoms with van der Waals surface area (Å²) in [6.07, 6.45) is 5.91. The summed E-state index contributed by atoms with van der Waals surface area (Å²) in [5.41, 5.74) is 6.92. The van der Waals surface area contributed by atoms with E-state index in [0.717, 1.165) is 5.69 Å². The predicted octanol–water partition coefficient (Wildman–Crippen LogP) is 4.11. The van der Waals surface area contributed by atoms with E-state index in [2.05, 4.69) is 35.6 Å². The number of nitrogens with one attached hydrogen (secondary N) is 1. The van der Waals surface area contributed by atoms with E-state index in [-0.39, 0.29) is 28.3 Å². The normalized spacial score (nSPS) is 13.4. The molecule has 0 aliphatic rings. The van der Waals surface area contributed by atoms with E-state index in [1.54, 1.807) is 44.2 Å². The molecule has 1 heterocycles. The quantitative estimate of drug-likeness (QED) is 0.163. The smallest absolute Gasteiger partial charge is 0.281 e. The van der Waals surface area contributed by atoms with Crippen molar-refractivity contribution in [1.82, 2.24) is 9.78 Å². The standard InChI is InChI=1S/C23H34N5O4PS/c1-7-9-17-20(29)19(22(30)28(26-17)13-12-23(3,4)5)21(24)25-16-11-10-15(27-34-6)14-18(16)33(31)32-8-2/h7,9-11,14,27,29,31H,8,12-13H2,1-6H3,(H2,24,25)/b9-7+. The van der Waals surface area contributed by atoms with Gasteiger partial charge in [-0.05, 0) is 50.0 Å². The molecule has 0 fully saturated rings. The topological polar surface area (TPSA) is 135 Å².